The molecule has 0 unspecified atom stereocenters. The molecule has 174 valence electrons. The fourth-order valence-corrected chi connectivity index (χ4v) is 5.13. The predicted octanol–water partition coefficient (Wildman–Crippen LogP) is 4.20. The number of nitrogens with zero attached hydrogens (tertiary/aromatic N) is 6. The van der Waals surface area contributed by atoms with E-state index < -0.39 is 0 Å². The van der Waals surface area contributed by atoms with Crippen molar-refractivity contribution in [1.82, 2.24) is 24.4 Å². The van der Waals surface area contributed by atoms with Crippen LogP contribution in [0.25, 0.3) is 21.9 Å². The summed E-state index contributed by atoms with van der Waals surface area (Å²) in [5, 5.41) is 11.0. The van der Waals surface area contributed by atoms with Crippen LogP contribution in [-0.2, 0) is 13.0 Å². The first-order valence-electron chi connectivity index (χ1n) is 12.1. The Labute approximate surface area is 204 Å². The third kappa shape index (κ3) is 4.13. The van der Waals surface area contributed by atoms with E-state index in [1.165, 1.54) is 22.0 Å². The third-order valence-electron chi connectivity index (χ3n) is 6.99. The van der Waals surface area contributed by atoms with Crippen LogP contribution >= 0.6 is 0 Å². The van der Waals surface area contributed by atoms with E-state index in [1.807, 2.05) is 24.4 Å². The van der Waals surface area contributed by atoms with Gasteiger partial charge in [-0.2, -0.15) is 5.26 Å². The van der Waals surface area contributed by atoms with E-state index in [-0.39, 0.29) is 0 Å². The van der Waals surface area contributed by atoms with Crippen LogP contribution in [0.1, 0.15) is 16.7 Å². The van der Waals surface area contributed by atoms with E-state index >= 15 is 0 Å². The molecule has 0 aliphatic carbocycles. The highest BCUT2D eigenvalue weighted by Gasteiger charge is 2.23. The Morgan fingerprint density at radius 2 is 1.74 bits per heavy atom. The third-order valence-corrected chi connectivity index (χ3v) is 6.99. The summed E-state index contributed by atoms with van der Waals surface area (Å²) in [5.74, 6) is 0.920. The Morgan fingerprint density at radius 3 is 2.57 bits per heavy atom. The molecule has 7 nitrogen and oxygen atoms in total. The number of nitrogens with one attached hydrogen (secondary N) is 1. The number of H-pyrrole nitrogens is 1. The van der Waals surface area contributed by atoms with Crippen LogP contribution in [0.15, 0.2) is 73.3 Å². The molecular weight excluding hydrogens is 434 g/mol. The van der Waals surface area contributed by atoms with Crippen LogP contribution < -0.4 is 4.90 Å². The fraction of sp³-hybridized carbons (Fsp3) is 0.250. The van der Waals surface area contributed by atoms with Crippen molar-refractivity contribution in [2.45, 2.75) is 13.0 Å². The summed E-state index contributed by atoms with van der Waals surface area (Å²) in [6.45, 7) is 5.50. The number of fused-ring (bicyclic) bond motifs is 2. The molecule has 0 amide bonds. The lowest BCUT2D eigenvalue weighted by Gasteiger charge is -2.35. The van der Waals surface area contributed by atoms with E-state index in [1.54, 1.807) is 6.33 Å². The molecule has 1 aliphatic rings. The molecule has 4 heterocycles. The van der Waals surface area contributed by atoms with Gasteiger partial charge in [-0.1, -0.05) is 48.5 Å². The van der Waals surface area contributed by atoms with Crippen molar-refractivity contribution in [3.8, 4) is 6.07 Å². The molecule has 3 aromatic heterocycles. The molecule has 0 bridgehead atoms. The molecule has 2 aromatic carbocycles. The van der Waals surface area contributed by atoms with E-state index in [0.29, 0.717) is 12.1 Å². The lowest BCUT2D eigenvalue weighted by atomic mass is 10.1. The standard InChI is InChI=1S/C28H27N7/c29-16-23-19-35(18-21-6-2-1-3-7-21)27-26(23)31-20-32-28(27)34-14-12-33(13-15-34)11-10-22-17-30-25-9-5-4-8-24(22)25/h1-9,17,19-20,30H,10-15,18H2. The quantitative estimate of drug-likeness (QED) is 0.410. The van der Waals surface area contributed by atoms with Gasteiger partial charge in [0.25, 0.3) is 0 Å². The van der Waals surface area contributed by atoms with Crippen LogP contribution in [-0.4, -0.2) is 57.1 Å². The molecule has 0 radical (unpaired) electrons. The van der Waals surface area contributed by atoms with Gasteiger partial charge in [0.1, 0.15) is 23.4 Å². The van der Waals surface area contributed by atoms with Crippen molar-refractivity contribution in [3.63, 3.8) is 0 Å². The molecule has 0 saturated carbocycles. The van der Waals surface area contributed by atoms with Gasteiger partial charge >= 0.3 is 0 Å². The second kappa shape index (κ2) is 9.24. The number of para-hydroxylation sites is 1. The fourth-order valence-electron chi connectivity index (χ4n) is 5.13. The zero-order chi connectivity index (χ0) is 23.6. The van der Waals surface area contributed by atoms with Gasteiger partial charge in [0.05, 0.1) is 5.56 Å². The van der Waals surface area contributed by atoms with Crippen molar-refractivity contribution in [1.29, 1.82) is 5.26 Å². The Balaban J connectivity index is 1.19. The first kappa shape index (κ1) is 21.4. The summed E-state index contributed by atoms with van der Waals surface area (Å²) in [5.41, 5.74) is 6.04. The van der Waals surface area contributed by atoms with Crippen molar-refractivity contribution >= 4 is 27.8 Å². The monoisotopic (exact) mass is 461 g/mol. The highest BCUT2D eigenvalue weighted by atomic mass is 15.3. The minimum absolute atomic E-state index is 0.594. The number of benzene rings is 2. The summed E-state index contributed by atoms with van der Waals surface area (Å²) in [7, 11) is 0. The zero-order valence-corrected chi connectivity index (χ0v) is 19.6. The van der Waals surface area contributed by atoms with Gasteiger partial charge in [-0.3, -0.25) is 4.90 Å². The number of hydrogen-bond donors (Lipinski definition) is 1. The number of nitriles is 1. The molecule has 1 saturated heterocycles. The Hall–Kier alpha value is -4.15. The number of aromatic nitrogens is 4. The average molecular weight is 462 g/mol. The normalized spacial score (nSPS) is 14.5. The van der Waals surface area contributed by atoms with Crippen molar-refractivity contribution in [3.05, 3.63) is 90.0 Å². The van der Waals surface area contributed by atoms with Crippen LogP contribution in [0.4, 0.5) is 5.82 Å². The van der Waals surface area contributed by atoms with E-state index in [9.17, 15) is 5.26 Å². The lowest BCUT2D eigenvalue weighted by Crippen LogP contribution is -2.47. The number of aromatic amines is 1. The second-order valence-corrected chi connectivity index (χ2v) is 9.10. The molecule has 0 spiro atoms. The maximum absolute atomic E-state index is 9.71. The SMILES string of the molecule is N#Cc1cn(Cc2ccccc2)c2c(N3CCN(CCc4c[nH]c5ccccc45)CC3)ncnc12. The zero-order valence-electron chi connectivity index (χ0n) is 19.6. The molecule has 0 atom stereocenters. The minimum Gasteiger partial charge on any atom is -0.361 e. The summed E-state index contributed by atoms with van der Waals surface area (Å²) >= 11 is 0. The molecular formula is C28H27N7. The van der Waals surface area contributed by atoms with Crippen LogP contribution in [0.3, 0.4) is 0 Å². The molecule has 7 heteroatoms. The first-order chi connectivity index (χ1) is 17.3. The number of rotatable bonds is 6. The second-order valence-electron chi connectivity index (χ2n) is 9.10. The highest BCUT2D eigenvalue weighted by Crippen LogP contribution is 2.29. The van der Waals surface area contributed by atoms with E-state index in [4.69, 9.17) is 0 Å². The molecule has 1 aliphatic heterocycles. The summed E-state index contributed by atoms with van der Waals surface area (Å²) in [6.07, 6.45) is 6.68. The first-order valence-corrected chi connectivity index (χ1v) is 12.1. The summed E-state index contributed by atoms with van der Waals surface area (Å²) in [6, 6.07) is 21.1. The van der Waals surface area contributed by atoms with E-state index in [2.05, 4.69) is 78.0 Å². The Morgan fingerprint density at radius 1 is 0.943 bits per heavy atom. The molecule has 1 N–H and O–H groups in total. The van der Waals surface area contributed by atoms with Crippen molar-refractivity contribution in [2.75, 3.05) is 37.6 Å². The van der Waals surface area contributed by atoms with E-state index in [0.717, 1.165) is 56.0 Å². The van der Waals surface area contributed by atoms with Gasteiger partial charge in [0.15, 0.2) is 5.82 Å². The predicted molar refractivity (Wildman–Crippen MR) is 138 cm³/mol. The Bertz CT molecular complexity index is 1500. The van der Waals surface area contributed by atoms with Crippen molar-refractivity contribution in [2.24, 2.45) is 0 Å². The highest BCUT2D eigenvalue weighted by molar-refractivity contribution is 5.91. The number of anilines is 1. The number of hydrogen-bond acceptors (Lipinski definition) is 5. The van der Waals surface area contributed by atoms with Gasteiger partial charge in [-0.05, 0) is 23.6 Å². The summed E-state index contributed by atoms with van der Waals surface area (Å²) < 4.78 is 2.13. The van der Waals surface area contributed by atoms with Crippen LogP contribution in [0.5, 0.6) is 0 Å². The molecule has 1 fully saturated rings. The Kier molecular flexibility index (Phi) is 5.65. The van der Waals surface area contributed by atoms with Gasteiger partial charge in [-0.25, -0.2) is 9.97 Å². The molecule has 35 heavy (non-hydrogen) atoms. The van der Waals surface area contributed by atoms with Gasteiger partial charge in [0.2, 0.25) is 0 Å². The average Bonchev–Trinajstić information content (AvgIpc) is 3.49. The van der Waals surface area contributed by atoms with Crippen molar-refractivity contribution < 1.29 is 0 Å². The largest absolute Gasteiger partial charge is 0.361 e. The van der Waals surface area contributed by atoms with Crippen LogP contribution in [0, 0.1) is 11.3 Å². The van der Waals surface area contributed by atoms with Gasteiger partial charge in [-0.15, -0.1) is 0 Å². The maximum Gasteiger partial charge on any atom is 0.156 e. The van der Waals surface area contributed by atoms with Crippen LogP contribution in [0.2, 0.25) is 0 Å². The number of piperazine rings is 1. The lowest BCUT2D eigenvalue weighted by molar-refractivity contribution is 0.261. The summed E-state index contributed by atoms with van der Waals surface area (Å²) in [4.78, 5) is 17.4. The minimum atomic E-state index is 0.594. The molecule has 5 aromatic rings. The van der Waals surface area contributed by atoms with Gasteiger partial charge in [0, 0.05) is 62.6 Å². The van der Waals surface area contributed by atoms with Gasteiger partial charge < -0.3 is 14.5 Å². The smallest absolute Gasteiger partial charge is 0.156 e. The molecule has 6 rings (SSSR count). The topological polar surface area (TPSA) is 76.8 Å². The maximum atomic E-state index is 9.71.